The minimum Gasteiger partial charge on any atom is -0.507 e. The fraction of sp³-hybridized carbons (Fsp3) is 0.611. The Hall–Kier alpha value is -4.50. The average molecular weight is 716 g/mol. The highest BCUT2D eigenvalue weighted by atomic mass is 16.5. The van der Waals surface area contributed by atoms with E-state index < -0.39 is 47.3 Å². The molecular weight excluding hydrogens is 662 g/mol. The van der Waals surface area contributed by atoms with Crippen LogP contribution in [-0.2, 0) is 23.9 Å². The summed E-state index contributed by atoms with van der Waals surface area (Å²) >= 11 is 0. The molecule has 0 bridgehead atoms. The molecule has 0 spiro atoms. The van der Waals surface area contributed by atoms with Gasteiger partial charge in [-0.1, -0.05) is 44.7 Å². The Bertz CT molecular complexity index is 1480. The summed E-state index contributed by atoms with van der Waals surface area (Å²) in [5, 5.41) is 36.4. The number of phenolic OH excluding ortho intramolecular Hbond substituents is 1. The number of nitrogens with one attached hydrogen (secondary N) is 2. The molecule has 2 heterocycles. The number of para-hydroxylation sites is 1. The maximum Gasteiger partial charge on any atom is 0.328 e. The zero-order valence-electron chi connectivity index (χ0n) is 30.1. The number of nitrogens with zero attached hydrogens (tertiary/aromatic N) is 3. The number of unbranched alkanes of at least 4 members (excludes halogenated alkanes) is 5. The summed E-state index contributed by atoms with van der Waals surface area (Å²) in [5.41, 5.74) is -1.14. The number of carbonyl (C=O) groups is 5. The third-order valence-corrected chi connectivity index (χ3v) is 9.18. The number of esters is 1. The second-order valence-corrected chi connectivity index (χ2v) is 13.6. The van der Waals surface area contributed by atoms with E-state index in [-0.39, 0.29) is 54.6 Å². The van der Waals surface area contributed by atoms with Gasteiger partial charge in [-0.3, -0.25) is 29.6 Å². The zero-order valence-corrected chi connectivity index (χ0v) is 30.1. The lowest BCUT2D eigenvalue weighted by Crippen LogP contribution is -2.54. The smallest absolute Gasteiger partial charge is 0.328 e. The van der Waals surface area contributed by atoms with Crippen LogP contribution in [0.3, 0.4) is 0 Å². The zero-order chi connectivity index (χ0) is 37.6. The predicted molar refractivity (Wildman–Crippen MR) is 184 cm³/mol. The Morgan fingerprint density at radius 3 is 2.53 bits per heavy atom. The van der Waals surface area contributed by atoms with E-state index in [0.29, 0.717) is 55.1 Å². The number of aromatic hydroxyl groups is 1. The van der Waals surface area contributed by atoms with Crippen LogP contribution in [0, 0.1) is 12.3 Å². The lowest BCUT2D eigenvalue weighted by molar-refractivity contribution is -0.169. The molecule has 5 N–H and O–H groups in total. The number of hydroxylamine groups is 4. The number of hydrogen-bond donors (Lipinski definition) is 5. The lowest BCUT2D eigenvalue weighted by atomic mass is 9.82. The Labute approximate surface area is 298 Å². The van der Waals surface area contributed by atoms with Crippen molar-refractivity contribution in [2.75, 3.05) is 13.1 Å². The van der Waals surface area contributed by atoms with Gasteiger partial charge in [-0.25, -0.2) is 19.9 Å². The van der Waals surface area contributed by atoms with Crippen molar-refractivity contribution in [3.05, 3.63) is 35.7 Å². The van der Waals surface area contributed by atoms with Crippen LogP contribution < -0.4 is 10.6 Å². The second-order valence-electron chi connectivity index (χ2n) is 13.6. The van der Waals surface area contributed by atoms with Crippen LogP contribution in [-0.4, -0.2) is 92.0 Å². The minimum atomic E-state index is -1.31. The lowest BCUT2D eigenvalue weighted by Gasteiger charge is -2.35. The SMILES string of the molecule is CCCCCCC[C@H](OC(=O)[C@@H](CCCCN(O)C=O)NC(=O)c1nc(-c2ccccc2O)oc1C)C(C)(C)C(=O)N[C@H]1CCCCN(O)C1=O. The average Bonchev–Trinajstić information content (AvgIpc) is 3.42. The summed E-state index contributed by atoms with van der Waals surface area (Å²) < 4.78 is 11.7. The number of benzene rings is 1. The van der Waals surface area contributed by atoms with Crippen molar-refractivity contribution < 1.29 is 48.6 Å². The van der Waals surface area contributed by atoms with E-state index in [1.807, 2.05) is 0 Å². The molecule has 3 rings (SSSR count). The quantitative estimate of drug-likeness (QED) is 0.0418. The first-order chi connectivity index (χ1) is 24.3. The Balaban J connectivity index is 1.84. The van der Waals surface area contributed by atoms with Crippen molar-refractivity contribution in [1.82, 2.24) is 25.7 Å². The van der Waals surface area contributed by atoms with Crippen LogP contribution in [0.2, 0.25) is 0 Å². The number of carbonyl (C=O) groups excluding carboxylic acids is 5. The molecule has 1 aliphatic rings. The summed E-state index contributed by atoms with van der Waals surface area (Å²) in [4.78, 5) is 69.1. The van der Waals surface area contributed by atoms with Gasteiger partial charge < -0.3 is 24.9 Å². The number of hydrogen-bond acceptors (Lipinski definition) is 11. The minimum absolute atomic E-state index is 0.00425. The molecule has 1 aromatic heterocycles. The van der Waals surface area contributed by atoms with E-state index in [1.54, 1.807) is 32.0 Å². The first-order valence-electron chi connectivity index (χ1n) is 17.8. The number of aryl methyl sites for hydroxylation is 1. The van der Waals surface area contributed by atoms with E-state index in [4.69, 9.17) is 9.15 Å². The van der Waals surface area contributed by atoms with Crippen LogP contribution in [0.5, 0.6) is 5.75 Å². The van der Waals surface area contributed by atoms with Crippen LogP contribution in [0.4, 0.5) is 0 Å². The topological polar surface area (TPSA) is 212 Å². The van der Waals surface area contributed by atoms with Crippen molar-refractivity contribution in [3.8, 4) is 17.2 Å². The van der Waals surface area contributed by atoms with Crippen molar-refractivity contribution in [2.45, 2.75) is 123 Å². The molecule has 15 heteroatoms. The summed E-state index contributed by atoms with van der Waals surface area (Å²) in [6.45, 7) is 7.06. The Morgan fingerprint density at radius 1 is 1.12 bits per heavy atom. The van der Waals surface area contributed by atoms with Gasteiger partial charge in [0.15, 0.2) is 5.69 Å². The van der Waals surface area contributed by atoms with Crippen molar-refractivity contribution in [3.63, 3.8) is 0 Å². The van der Waals surface area contributed by atoms with Crippen LogP contribution >= 0.6 is 0 Å². The molecule has 1 aromatic carbocycles. The van der Waals surface area contributed by atoms with E-state index in [1.165, 1.54) is 13.0 Å². The van der Waals surface area contributed by atoms with E-state index in [2.05, 4.69) is 22.5 Å². The van der Waals surface area contributed by atoms with E-state index >= 15 is 0 Å². The molecule has 0 unspecified atom stereocenters. The Kier molecular flexibility index (Phi) is 15.9. The van der Waals surface area contributed by atoms with Gasteiger partial charge in [0.2, 0.25) is 18.2 Å². The van der Waals surface area contributed by atoms with Gasteiger partial charge in [-0.2, -0.15) is 0 Å². The van der Waals surface area contributed by atoms with Crippen LogP contribution in [0.1, 0.15) is 114 Å². The summed E-state index contributed by atoms with van der Waals surface area (Å²) in [6, 6.07) is 4.21. The maximum absolute atomic E-state index is 13.9. The third-order valence-electron chi connectivity index (χ3n) is 9.18. The third kappa shape index (κ3) is 11.8. The molecule has 3 atom stereocenters. The van der Waals surface area contributed by atoms with Crippen molar-refractivity contribution in [1.29, 1.82) is 0 Å². The molecule has 51 heavy (non-hydrogen) atoms. The molecule has 1 fully saturated rings. The number of phenols is 1. The Morgan fingerprint density at radius 2 is 1.82 bits per heavy atom. The molecule has 2 aromatic rings. The van der Waals surface area contributed by atoms with Gasteiger partial charge in [-0.15, -0.1) is 0 Å². The highest BCUT2D eigenvalue weighted by molar-refractivity contribution is 5.96. The number of ether oxygens (including phenoxy) is 1. The second kappa shape index (κ2) is 19.8. The van der Waals surface area contributed by atoms with Crippen molar-refractivity contribution in [2.24, 2.45) is 5.41 Å². The molecule has 0 saturated carbocycles. The number of rotatable bonds is 20. The summed E-state index contributed by atoms with van der Waals surface area (Å²) in [5.74, 6) is -2.58. The van der Waals surface area contributed by atoms with Crippen LogP contribution in [0.15, 0.2) is 28.7 Å². The fourth-order valence-corrected chi connectivity index (χ4v) is 5.90. The molecular formula is C36H53N5O10. The highest BCUT2D eigenvalue weighted by Crippen LogP contribution is 2.31. The summed E-state index contributed by atoms with van der Waals surface area (Å²) in [7, 11) is 0. The van der Waals surface area contributed by atoms with Gasteiger partial charge in [-0.05, 0) is 84.3 Å². The van der Waals surface area contributed by atoms with Gasteiger partial charge in [0.05, 0.1) is 11.0 Å². The number of oxazole rings is 1. The van der Waals surface area contributed by atoms with Gasteiger partial charge in [0.25, 0.3) is 11.8 Å². The van der Waals surface area contributed by atoms with Gasteiger partial charge in [0, 0.05) is 13.1 Å². The van der Waals surface area contributed by atoms with Gasteiger partial charge in [0.1, 0.15) is 29.7 Å². The largest absolute Gasteiger partial charge is 0.507 e. The standard InChI is InChI=1S/C36H53N5O10/c1-5-6-7-8-9-20-29(36(3,4)35(47)38-26-17-13-15-22-41(49)33(26)45)51-34(46)27(18-12-14-21-40(48)23-42)37-31(44)30-24(2)50-32(39-30)25-16-10-11-19-28(25)43/h10-11,16,19,23,26-27,29,43,48-49H,5-9,12-15,17-18,20-22H2,1-4H3,(H,37,44)(H,38,47)/t26-,27+,29-/m0/s1. The van der Waals surface area contributed by atoms with Gasteiger partial charge >= 0.3 is 5.97 Å². The molecule has 0 aliphatic carbocycles. The highest BCUT2D eigenvalue weighted by Gasteiger charge is 2.42. The number of aromatic nitrogens is 1. The first kappa shape index (κ1) is 40.9. The molecule has 1 saturated heterocycles. The van der Waals surface area contributed by atoms with Crippen molar-refractivity contribution >= 4 is 30.1 Å². The van der Waals surface area contributed by atoms with Crippen LogP contribution in [0.25, 0.3) is 11.5 Å². The molecule has 15 nitrogen and oxygen atoms in total. The molecule has 4 amide bonds. The normalized spacial score (nSPS) is 16.2. The molecule has 0 radical (unpaired) electrons. The fourth-order valence-electron chi connectivity index (χ4n) is 5.90. The summed E-state index contributed by atoms with van der Waals surface area (Å²) in [6.07, 6.45) is 6.46. The maximum atomic E-state index is 13.9. The molecule has 282 valence electrons. The predicted octanol–water partition coefficient (Wildman–Crippen LogP) is 4.66. The van der Waals surface area contributed by atoms with E-state index in [0.717, 1.165) is 25.7 Å². The molecule has 1 aliphatic heterocycles. The first-order valence-corrected chi connectivity index (χ1v) is 17.8. The number of amides is 4. The monoisotopic (exact) mass is 715 g/mol. The van der Waals surface area contributed by atoms with E-state index in [9.17, 15) is 39.5 Å².